The average molecular weight is 608 g/mol. The van der Waals surface area contributed by atoms with E-state index in [1.54, 1.807) is 24.5 Å². The Morgan fingerprint density at radius 2 is 1.89 bits per heavy atom. The Kier molecular flexibility index (Phi) is 7.61. The van der Waals surface area contributed by atoms with Crippen LogP contribution in [0.25, 0.3) is 0 Å². The molecular weight excluding hydrogens is 567 g/mol. The number of fused-ring (bicyclic) bond motifs is 1. The van der Waals surface area contributed by atoms with Crippen molar-refractivity contribution in [3.8, 4) is 0 Å². The molecule has 2 aromatic rings. The summed E-state index contributed by atoms with van der Waals surface area (Å²) in [4.78, 5) is 28.5. The molecule has 2 saturated carbocycles. The molecule has 6 rings (SSSR count). The number of aryl methyl sites for hydroxylation is 1. The Hall–Kier alpha value is -3.69. The summed E-state index contributed by atoms with van der Waals surface area (Å²) in [5.41, 5.74) is 0.939. The highest BCUT2D eigenvalue weighted by atomic mass is 19.4. The maximum atomic E-state index is 14.5. The van der Waals surface area contributed by atoms with E-state index in [1.165, 1.54) is 11.0 Å². The maximum Gasteiger partial charge on any atom is 0.416 e. The molecule has 7 nitrogen and oxygen atoms in total. The summed E-state index contributed by atoms with van der Waals surface area (Å²) < 4.78 is 45.3. The van der Waals surface area contributed by atoms with Crippen molar-refractivity contribution >= 4 is 17.9 Å². The van der Waals surface area contributed by atoms with Gasteiger partial charge < -0.3 is 19.2 Å². The average Bonchev–Trinajstić information content (AvgIpc) is 3.51. The van der Waals surface area contributed by atoms with Gasteiger partial charge in [-0.2, -0.15) is 13.2 Å². The van der Waals surface area contributed by atoms with Crippen LogP contribution in [-0.2, 0) is 31.0 Å². The first kappa shape index (κ1) is 30.3. The fourth-order valence-electron chi connectivity index (χ4n) is 7.97. The van der Waals surface area contributed by atoms with E-state index in [4.69, 9.17) is 0 Å². The Bertz CT molecular complexity index is 1530. The van der Waals surface area contributed by atoms with E-state index in [0.29, 0.717) is 36.8 Å². The number of allylic oxidation sites excluding steroid dienone is 4. The van der Waals surface area contributed by atoms with Gasteiger partial charge in [-0.15, -0.1) is 10.2 Å². The van der Waals surface area contributed by atoms with Crippen molar-refractivity contribution in [1.82, 2.24) is 19.7 Å². The number of aromatic nitrogens is 3. The minimum absolute atomic E-state index is 0.0139. The van der Waals surface area contributed by atoms with E-state index in [9.17, 15) is 22.8 Å². The molecule has 3 heterocycles. The molecule has 0 unspecified atom stereocenters. The third kappa shape index (κ3) is 5.30. The number of alkyl halides is 3. The molecule has 0 bridgehead atoms. The number of amides is 1. The Labute approximate surface area is 256 Å². The highest BCUT2D eigenvalue weighted by Gasteiger charge is 2.48. The standard InChI is InChI=1S/C34H40F3N5O2/c1-5-6-25(11-23(3)33(14-22(2)15-33)16-30-39-38-21-40(30)4)42-17-28-27(31(42)44)12-26(13-29(28)34(35,36)37)41-19-32(20-41)9-7-24(18-43)8-10-32/h5-6,11-13,18,21-22,24H,3,7-10,14-17,19-20H2,1-2,4H3/b6-5-,25-11+. The van der Waals surface area contributed by atoms with Crippen LogP contribution in [0.3, 0.4) is 0 Å². The molecular formula is C34H40F3N5O2. The number of halogens is 3. The molecule has 234 valence electrons. The zero-order valence-corrected chi connectivity index (χ0v) is 25.7. The highest BCUT2D eigenvalue weighted by molar-refractivity contribution is 6.01. The second-order valence-electron chi connectivity index (χ2n) is 13.7. The molecule has 1 aromatic heterocycles. The number of carbonyl (C=O) groups excluding carboxylic acids is 2. The topological polar surface area (TPSA) is 71.3 Å². The lowest BCUT2D eigenvalue weighted by atomic mass is 9.57. The van der Waals surface area contributed by atoms with E-state index >= 15 is 0 Å². The molecule has 1 amide bonds. The van der Waals surface area contributed by atoms with Gasteiger partial charge in [0, 0.05) is 60.3 Å². The summed E-state index contributed by atoms with van der Waals surface area (Å²) in [6.07, 6.45) is 9.43. The van der Waals surface area contributed by atoms with Crippen molar-refractivity contribution in [2.75, 3.05) is 18.0 Å². The quantitative estimate of drug-likeness (QED) is 0.248. The fraction of sp³-hybridized carbons (Fsp3) is 0.529. The number of anilines is 1. The minimum atomic E-state index is -4.60. The van der Waals surface area contributed by atoms with Gasteiger partial charge in [0.25, 0.3) is 5.91 Å². The van der Waals surface area contributed by atoms with Crippen molar-refractivity contribution < 1.29 is 22.8 Å². The zero-order chi connectivity index (χ0) is 31.4. The predicted molar refractivity (Wildman–Crippen MR) is 162 cm³/mol. The van der Waals surface area contributed by atoms with Gasteiger partial charge in [0.15, 0.2) is 0 Å². The summed E-state index contributed by atoms with van der Waals surface area (Å²) in [7, 11) is 1.90. The Morgan fingerprint density at radius 3 is 2.45 bits per heavy atom. The molecule has 10 heteroatoms. The van der Waals surface area contributed by atoms with Crippen molar-refractivity contribution in [3.63, 3.8) is 0 Å². The monoisotopic (exact) mass is 607 g/mol. The van der Waals surface area contributed by atoms with Gasteiger partial charge in [-0.05, 0) is 86.8 Å². The Morgan fingerprint density at radius 1 is 1.18 bits per heavy atom. The summed E-state index contributed by atoms with van der Waals surface area (Å²) >= 11 is 0. The SMILES string of the molecule is C=C(/C=C(\C=C/C)N1Cc2c(cc(N3CC4(CCC(C=O)CC4)C3)cc2C(F)(F)F)C1=O)C1(Cc2nncn2C)CC(C)C1. The molecule has 2 aliphatic heterocycles. The van der Waals surface area contributed by atoms with Gasteiger partial charge in [0.1, 0.15) is 18.4 Å². The molecule has 0 radical (unpaired) electrons. The summed E-state index contributed by atoms with van der Waals surface area (Å²) in [5, 5.41) is 8.29. The number of hydrogen-bond acceptors (Lipinski definition) is 5. The van der Waals surface area contributed by atoms with Gasteiger partial charge in [-0.3, -0.25) is 4.79 Å². The van der Waals surface area contributed by atoms with Gasteiger partial charge >= 0.3 is 6.18 Å². The van der Waals surface area contributed by atoms with Crippen molar-refractivity contribution in [2.45, 2.75) is 71.5 Å². The molecule has 1 saturated heterocycles. The number of benzene rings is 1. The second-order valence-corrected chi connectivity index (χ2v) is 13.7. The lowest BCUT2D eigenvalue weighted by Gasteiger charge is -2.54. The van der Waals surface area contributed by atoms with E-state index < -0.39 is 17.6 Å². The summed E-state index contributed by atoms with van der Waals surface area (Å²) in [6.45, 7) is 9.55. The van der Waals surface area contributed by atoms with Gasteiger partial charge in [0.2, 0.25) is 0 Å². The molecule has 3 fully saturated rings. The highest BCUT2D eigenvalue weighted by Crippen LogP contribution is 2.53. The van der Waals surface area contributed by atoms with Gasteiger partial charge in [-0.25, -0.2) is 0 Å². The van der Waals surface area contributed by atoms with Gasteiger partial charge in [0.05, 0.1) is 12.1 Å². The van der Waals surface area contributed by atoms with E-state index in [1.807, 2.05) is 29.5 Å². The van der Waals surface area contributed by atoms with E-state index in [0.717, 1.165) is 56.2 Å². The van der Waals surface area contributed by atoms with Crippen LogP contribution in [0.5, 0.6) is 0 Å². The summed E-state index contributed by atoms with van der Waals surface area (Å²) in [5.74, 6) is 0.996. The first-order chi connectivity index (χ1) is 20.9. The second kappa shape index (κ2) is 11.0. The third-order valence-corrected chi connectivity index (χ3v) is 10.5. The molecule has 1 aromatic carbocycles. The fourth-order valence-corrected chi connectivity index (χ4v) is 7.97. The first-order valence-corrected chi connectivity index (χ1v) is 15.5. The first-order valence-electron chi connectivity index (χ1n) is 15.5. The van der Waals surface area contributed by atoms with Crippen molar-refractivity contribution in [3.05, 3.63) is 77.1 Å². The number of carbonyl (C=O) groups is 2. The van der Waals surface area contributed by atoms with E-state index in [-0.39, 0.29) is 34.4 Å². The zero-order valence-electron chi connectivity index (χ0n) is 25.7. The number of nitrogens with zero attached hydrogens (tertiary/aromatic N) is 5. The van der Waals surface area contributed by atoms with E-state index in [2.05, 4.69) is 23.7 Å². The molecule has 44 heavy (non-hydrogen) atoms. The van der Waals surface area contributed by atoms with Crippen LogP contribution in [0.4, 0.5) is 18.9 Å². The molecule has 4 aliphatic rings. The van der Waals surface area contributed by atoms with Crippen LogP contribution in [0.1, 0.15) is 79.7 Å². The van der Waals surface area contributed by atoms with Crippen LogP contribution in [-0.4, -0.2) is 44.9 Å². The van der Waals surface area contributed by atoms with Crippen LogP contribution >= 0.6 is 0 Å². The molecule has 0 atom stereocenters. The lowest BCUT2D eigenvalue weighted by molar-refractivity contribution is -0.138. The van der Waals surface area contributed by atoms with Crippen molar-refractivity contribution in [2.24, 2.45) is 29.7 Å². The largest absolute Gasteiger partial charge is 0.416 e. The Balaban J connectivity index is 1.28. The van der Waals surface area contributed by atoms with Crippen LogP contribution in [0.2, 0.25) is 0 Å². The van der Waals surface area contributed by atoms with Gasteiger partial charge in [-0.1, -0.05) is 19.6 Å². The molecule has 0 N–H and O–H groups in total. The number of rotatable bonds is 8. The molecule has 2 aliphatic carbocycles. The van der Waals surface area contributed by atoms with Crippen LogP contribution in [0, 0.1) is 22.7 Å². The van der Waals surface area contributed by atoms with Crippen LogP contribution < -0.4 is 4.90 Å². The number of hydrogen-bond donors (Lipinski definition) is 0. The summed E-state index contributed by atoms with van der Waals surface area (Å²) in [6, 6.07) is 2.85. The third-order valence-electron chi connectivity index (χ3n) is 10.5. The predicted octanol–water partition coefficient (Wildman–Crippen LogP) is 6.66. The lowest BCUT2D eigenvalue weighted by Crippen LogP contribution is -2.58. The normalized spacial score (nSPS) is 25.4. The smallest absolute Gasteiger partial charge is 0.370 e. The van der Waals surface area contributed by atoms with Crippen LogP contribution in [0.15, 0.2) is 54.5 Å². The van der Waals surface area contributed by atoms with Crippen molar-refractivity contribution in [1.29, 1.82) is 0 Å². The minimum Gasteiger partial charge on any atom is -0.370 e. The maximum absolute atomic E-state index is 14.5. The molecule has 1 spiro atoms. The number of aldehydes is 1.